The largest absolute Gasteiger partial charge is 0.367 e. The SMILES string of the molecule is CCN1CCOC(c2noc([C@H](N)CCSC)n2)C1. The van der Waals surface area contributed by atoms with E-state index in [9.17, 15) is 0 Å². The van der Waals surface area contributed by atoms with Crippen LogP contribution in [0.15, 0.2) is 4.52 Å². The summed E-state index contributed by atoms with van der Waals surface area (Å²) in [7, 11) is 0. The van der Waals surface area contributed by atoms with E-state index in [1.165, 1.54) is 0 Å². The first-order chi connectivity index (χ1) is 9.24. The van der Waals surface area contributed by atoms with Crippen LogP contribution in [0.25, 0.3) is 0 Å². The van der Waals surface area contributed by atoms with Gasteiger partial charge in [0.1, 0.15) is 6.10 Å². The highest BCUT2D eigenvalue weighted by atomic mass is 32.2. The molecule has 2 heterocycles. The number of thioether (sulfide) groups is 1. The number of aromatic nitrogens is 2. The number of ether oxygens (including phenoxy) is 1. The normalized spacial score (nSPS) is 22.6. The molecule has 19 heavy (non-hydrogen) atoms. The molecule has 2 N–H and O–H groups in total. The highest BCUT2D eigenvalue weighted by Gasteiger charge is 2.26. The van der Waals surface area contributed by atoms with Gasteiger partial charge in [-0.2, -0.15) is 16.7 Å². The van der Waals surface area contributed by atoms with E-state index in [0.717, 1.165) is 31.8 Å². The van der Waals surface area contributed by atoms with Crippen molar-refractivity contribution in [2.45, 2.75) is 25.5 Å². The van der Waals surface area contributed by atoms with E-state index >= 15 is 0 Å². The molecule has 2 atom stereocenters. The third kappa shape index (κ3) is 3.92. The summed E-state index contributed by atoms with van der Waals surface area (Å²) in [5.74, 6) is 2.12. The third-order valence-electron chi connectivity index (χ3n) is 3.29. The van der Waals surface area contributed by atoms with Gasteiger partial charge in [0.25, 0.3) is 0 Å². The van der Waals surface area contributed by atoms with E-state index in [1.807, 2.05) is 0 Å². The number of nitrogens with zero attached hydrogens (tertiary/aromatic N) is 3. The molecule has 0 radical (unpaired) electrons. The maximum atomic E-state index is 6.02. The Hall–Kier alpha value is -0.630. The molecule has 1 aromatic rings. The minimum absolute atomic E-state index is 0.0982. The topological polar surface area (TPSA) is 77.4 Å². The van der Waals surface area contributed by atoms with Crippen LogP contribution in [0.1, 0.15) is 37.2 Å². The number of morpholine rings is 1. The van der Waals surface area contributed by atoms with Crippen LogP contribution in [-0.4, -0.2) is 53.3 Å². The Kier molecular flexibility index (Phi) is 5.62. The van der Waals surface area contributed by atoms with E-state index in [0.29, 0.717) is 18.3 Å². The number of rotatable bonds is 6. The lowest BCUT2D eigenvalue weighted by molar-refractivity contribution is -0.0334. The summed E-state index contributed by atoms with van der Waals surface area (Å²) in [6.45, 7) is 5.64. The Balaban J connectivity index is 1.96. The molecule has 0 aromatic carbocycles. The molecule has 1 saturated heterocycles. The number of hydrogen-bond acceptors (Lipinski definition) is 7. The van der Waals surface area contributed by atoms with Gasteiger partial charge in [0.2, 0.25) is 11.7 Å². The molecule has 2 rings (SSSR count). The van der Waals surface area contributed by atoms with Crippen LogP contribution in [-0.2, 0) is 4.74 Å². The smallest absolute Gasteiger partial charge is 0.243 e. The average Bonchev–Trinajstić information content (AvgIpc) is 2.94. The van der Waals surface area contributed by atoms with Gasteiger partial charge in [0.15, 0.2) is 0 Å². The molecule has 0 bridgehead atoms. The Morgan fingerprint density at radius 1 is 1.58 bits per heavy atom. The lowest BCUT2D eigenvalue weighted by atomic mass is 10.2. The van der Waals surface area contributed by atoms with Gasteiger partial charge >= 0.3 is 0 Å². The second kappa shape index (κ2) is 7.23. The predicted molar refractivity (Wildman–Crippen MR) is 75.0 cm³/mol. The van der Waals surface area contributed by atoms with Gasteiger partial charge < -0.3 is 15.0 Å². The minimum atomic E-state index is -0.181. The molecule has 1 aliphatic heterocycles. The van der Waals surface area contributed by atoms with E-state index in [4.69, 9.17) is 15.0 Å². The highest BCUT2D eigenvalue weighted by Crippen LogP contribution is 2.22. The first-order valence-electron chi connectivity index (χ1n) is 6.66. The first-order valence-corrected chi connectivity index (χ1v) is 8.06. The molecule has 0 spiro atoms. The van der Waals surface area contributed by atoms with Gasteiger partial charge in [-0.15, -0.1) is 0 Å². The zero-order valence-corrected chi connectivity index (χ0v) is 12.4. The molecule has 1 unspecified atom stereocenters. The first kappa shape index (κ1) is 14.8. The molecule has 0 saturated carbocycles. The van der Waals surface area contributed by atoms with Gasteiger partial charge in [-0.3, -0.25) is 4.90 Å². The molecule has 1 aliphatic rings. The fourth-order valence-electron chi connectivity index (χ4n) is 2.04. The summed E-state index contributed by atoms with van der Waals surface area (Å²) in [5.41, 5.74) is 6.02. The Bertz CT molecular complexity index is 388. The van der Waals surface area contributed by atoms with Crippen LogP contribution < -0.4 is 5.73 Å². The van der Waals surface area contributed by atoms with Crippen molar-refractivity contribution in [1.82, 2.24) is 15.0 Å². The fraction of sp³-hybridized carbons (Fsp3) is 0.833. The Morgan fingerprint density at radius 3 is 3.16 bits per heavy atom. The van der Waals surface area contributed by atoms with Crippen molar-refractivity contribution in [2.24, 2.45) is 5.73 Å². The standard InChI is InChI=1S/C12H22N4O2S/c1-3-16-5-6-17-10(8-16)11-14-12(18-15-11)9(13)4-7-19-2/h9-10H,3-8,13H2,1-2H3/t9-,10?/m1/s1. The van der Waals surface area contributed by atoms with Crippen molar-refractivity contribution in [3.05, 3.63) is 11.7 Å². The summed E-state index contributed by atoms with van der Waals surface area (Å²) in [4.78, 5) is 6.71. The van der Waals surface area contributed by atoms with E-state index in [-0.39, 0.29) is 12.1 Å². The summed E-state index contributed by atoms with van der Waals surface area (Å²) < 4.78 is 11.0. The molecule has 0 aliphatic carbocycles. The van der Waals surface area contributed by atoms with Crippen molar-refractivity contribution in [2.75, 3.05) is 38.2 Å². The summed E-state index contributed by atoms with van der Waals surface area (Å²) in [6.07, 6.45) is 2.80. The maximum Gasteiger partial charge on any atom is 0.243 e. The highest BCUT2D eigenvalue weighted by molar-refractivity contribution is 7.98. The van der Waals surface area contributed by atoms with Crippen LogP contribution in [0.4, 0.5) is 0 Å². The van der Waals surface area contributed by atoms with Crippen molar-refractivity contribution >= 4 is 11.8 Å². The molecule has 0 amide bonds. The molecule has 7 heteroatoms. The van der Waals surface area contributed by atoms with Gasteiger partial charge in [-0.25, -0.2) is 0 Å². The van der Waals surface area contributed by atoms with Gasteiger partial charge in [0.05, 0.1) is 12.6 Å². The molecular weight excluding hydrogens is 264 g/mol. The average molecular weight is 286 g/mol. The molecular formula is C12H22N4O2S. The van der Waals surface area contributed by atoms with Gasteiger partial charge in [-0.05, 0) is 25.0 Å². The molecule has 1 fully saturated rings. The van der Waals surface area contributed by atoms with Gasteiger partial charge in [-0.1, -0.05) is 12.1 Å². The number of likely N-dealkylation sites (N-methyl/N-ethyl adjacent to an activating group) is 1. The summed E-state index contributed by atoms with van der Waals surface area (Å²) in [5, 5.41) is 4.01. The second-order valence-corrected chi connectivity index (χ2v) is 5.62. The maximum absolute atomic E-state index is 6.02. The minimum Gasteiger partial charge on any atom is -0.367 e. The lowest BCUT2D eigenvalue weighted by Gasteiger charge is -2.30. The monoisotopic (exact) mass is 286 g/mol. The van der Waals surface area contributed by atoms with Crippen LogP contribution in [0.3, 0.4) is 0 Å². The zero-order chi connectivity index (χ0) is 13.7. The van der Waals surface area contributed by atoms with Crippen molar-refractivity contribution in [1.29, 1.82) is 0 Å². The number of hydrogen-bond donors (Lipinski definition) is 1. The van der Waals surface area contributed by atoms with Crippen LogP contribution in [0, 0.1) is 0 Å². The zero-order valence-electron chi connectivity index (χ0n) is 11.5. The van der Waals surface area contributed by atoms with Crippen molar-refractivity contribution in [3.63, 3.8) is 0 Å². The van der Waals surface area contributed by atoms with Crippen molar-refractivity contribution < 1.29 is 9.26 Å². The van der Waals surface area contributed by atoms with Crippen LogP contribution in [0.2, 0.25) is 0 Å². The number of nitrogens with two attached hydrogens (primary N) is 1. The quantitative estimate of drug-likeness (QED) is 0.842. The molecule has 108 valence electrons. The van der Waals surface area contributed by atoms with Gasteiger partial charge in [0, 0.05) is 13.1 Å². The molecule has 6 nitrogen and oxygen atoms in total. The van der Waals surface area contributed by atoms with Crippen LogP contribution in [0.5, 0.6) is 0 Å². The van der Waals surface area contributed by atoms with E-state index in [1.54, 1.807) is 11.8 Å². The van der Waals surface area contributed by atoms with E-state index < -0.39 is 0 Å². The fourth-order valence-corrected chi connectivity index (χ4v) is 2.53. The predicted octanol–water partition coefficient (Wildman–Crippen LogP) is 1.22. The second-order valence-electron chi connectivity index (χ2n) is 4.63. The third-order valence-corrected chi connectivity index (χ3v) is 3.94. The Morgan fingerprint density at radius 2 is 2.42 bits per heavy atom. The lowest BCUT2D eigenvalue weighted by Crippen LogP contribution is -2.38. The Labute approximate surface area is 118 Å². The van der Waals surface area contributed by atoms with Crippen LogP contribution >= 0.6 is 11.8 Å². The molecule has 1 aromatic heterocycles. The van der Waals surface area contributed by atoms with E-state index in [2.05, 4.69) is 28.2 Å². The van der Waals surface area contributed by atoms with Crippen molar-refractivity contribution in [3.8, 4) is 0 Å². The summed E-state index contributed by atoms with van der Waals surface area (Å²) in [6, 6.07) is -0.181. The summed E-state index contributed by atoms with van der Waals surface area (Å²) >= 11 is 1.76.